The van der Waals surface area contributed by atoms with Crippen LogP contribution in [0.4, 0.5) is 0 Å². The predicted octanol–water partition coefficient (Wildman–Crippen LogP) is 5.88. The van der Waals surface area contributed by atoms with Crippen LogP contribution in [-0.4, -0.2) is 17.0 Å². The van der Waals surface area contributed by atoms with E-state index in [2.05, 4.69) is 5.16 Å². The Morgan fingerprint density at radius 3 is 2.68 bits per heavy atom. The molecule has 0 bridgehead atoms. The number of halogens is 1. The van der Waals surface area contributed by atoms with E-state index in [4.69, 9.17) is 33.4 Å². The highest BCUT2D eigenvalue weighted by atomic mass is 35.5. The second-order valence-corrected chi connectivity index (χ2v) is 9.65. The molecular weight excluding hydrogens is 456 g/mol. The maximum Gasteiger partial charge on any atom is 0.377 e. The van der Waals surface area contributed by atoms with Crippen molar-refractivity contribution < 1.29 is 14.4 Å². The molecule has 0 unspecified atom stereocenters. The van der Waals surface area contributed by atoms with Gasteiger partial charge in [-0.3, -0.25) is 0 Å². The topological polar surface area (TPSA) is 52.8 Å². The zero-order valence-corrected chi connectivity index (χ0v) is 18.3. The number of aromatic nitrogens is 1. The molecule has 0 atom stereocenters. The largest absolute Gasteiger partial charge is 0.495 e. The van der Waals surface area contributed by atoms with Gasteiger partial charge in [-0.1, -0.05) is 58.4 Å². The number of rotatable bonds is 4. The summed E-state index contributed by atoms with van der Waals surface area (Å²) in [6, 6.07) is 15.0. The summed E-state index contributed by atoms with van der Waals surface area (Å²) in [7, 11) is 1.60. The van der Waals surface area contributed by atoms with E-state index in [0.29, 0.717) is 23.6 Å². The van der Waals surface area contributed by atoms with Crippen molar-refractivity contribution >= 4 is 74.1 Å². The number of fused-ring (bicyclic) bond motifs is 1. The first-order valence-electron chi connectivity index (χ1n) is 7.88. The van der Waals surface area contributed by atoms with Gasteiger partial charge in [0.2, 0.25) is 3.98 Å². The Morgan fingerprint density at radius 2 is 1.89 bits per heavy atom. The summed E-state index contributed by atoms with van der Waals surface area (Å²) in [4.78, 5) is 17.9. The lowest BCUT2D eigenvalue weighted by atomic mass is 10.2. The molecule has 2 aromatic carbocycles. The Bertz CT molecular complexity index is 1300. The fraction of sp³-hybridized carbons (Fsp3) is 0.0556. The molecule has 0 aliphatic rings. The van der Waals surface area contributed by atoms with Crippen LogP contribution >= 0.6 is 58.0 Å². The number of hydrogen-bond donors (Lipinski definition) is 0. The van der Waals surface area contributed by atoms with Gasteiger partial charge in [-0.25, -0.2) is 8.75 Å². The molecule has 142 valence electrons. The normalized spacial score (nSPS) is 11.7. The van der Waals surface area contributed by atoms with Crippen molar-refractivity contribution in [2.45, 2.75) is 0 Å². The van der Waals surface area contributed by atoms with Gasteiger partial charge in [0.1, 0.15) is 16.3 Å². The highest BCUT2D eigenvalue weighted by Crippen LogP contribution is 2.35. The van der Waals surface area contributed by atoms with Gasteiger partial charge in [-0.2, -0.15) is 0 Å². The van der Waals surface area contributed by atoms with E-state index in [1.54, 1.807) is 11.1 Å². The first kappa shape index (κ1) is 19.3. The van der Waals surface area contributed by atoms with Gasteiger partial charge in [0.05, 0.1) is 12.1 Å². The number of thiophene rings is 1. The maximum absolute atomic E-state index is 12.4. The molecule has 0 radical (unpaired) electrons. The van der Waals surface area contributed by atoms with E-state index < -0.39 is 5.97 Å². The molecule has 0 aliphatic carbocycles. The summed E-state index contributed by atoms with van der Waals surface area (Å²) in [6.45, 7) is 0. The minimum absolute atomic E-state index is 0.323. The van der Waals surface area contributed by atoms with Gasteiger partial charge < -0.3 is 9.57 Å². The summed E-state index contributed by atoms with van der Waals surface area (Å²) < 4.78 is 9.17. The smallest absolute Gasteiger partial charge is 0.377 e. The van der Waals surface area contributed by atoms with E-state index >= 15 is 0 Å². The molecule has 0 amide bonds. The molecule has 2 aromatic heterocycles. The molecule has 0 fully saturated rings. The molecule has 5 nitrogen and oxygen atoms in total. The molecule has 0 N–H and O–H groups in total. The number of ether oxygens (including phenoxy) is 1. The predicted molar refractivity (Wildman–Crippen MR) is 117 cm³/mol. The lowest BCUT2D eigenvalue weighted by Gasteiger charge is -2.06. The fourth-order valence-corrected chi connectivity index (χ4v) is 6.27. The number of carbonyl (C=O) groups excluding carboxylic acids is 1. The first-order valence-corrected chi connectivity index (χ1v) is 11.1. The molecule has 0 spiro atoms. The van der Waals surface area contributed by atoms with Crippen LogP contribution in [0.5, 0.6) is 5.75 Å². The lowest BCUT2D eigenvalue weighted by Crippen LogP contribution is -2.02. The van der Waals surface area contributed by atoms with Crippen molar-refractivity contribution in [2.24, 2.45) is 5.16 Å². The standard InChI is InChI=1S/C18H11ClN2O3S4/c1-23-12-8-4-3-7-11(12)21-18(25)27-17(28-21)20-24-16(22)15-14(19)10-6-2-5-9-13(10)26-15/h2-9H,1H3/b20-17-. The van der Waals surface area contributed by atoms with Crippen molar-refractivity contribution in [1.29, 1.82) is 0 Å². The third-order valence-corrected chi connectivity index (χ3v) is 7.93. The summed E-state index contributed by atoms with van der Waals surface area (Å²) >= 11 is 15.5. The van der Waals surface area contributed by atoms with Gasteiger partial charge in [0.15, 0.2) is 3.95 Å². The lowest BCUT2D eigenvalue weighted by molar-refractivity contribution is 0.0508. The first-order chi connectivity index (χ1) is 13.6. The van der Waals surface area contributed by atoms with Gasteiger partial charge in [-0.15, -0.1) is 11.3 Å². The number of benzene rings is 2. The minimum Gasteiger partial charge on any atom is -0.495 e. The van der Waals surface area contributed by atoms with E-state index in [-0.39, 0.29) is 0 Å². The van der Waals surface area contributed by atoms with E-state index in [9.17, 15) is 4.79 Å². The SMILES string of the molecule is COc1ccccc1-n1s/c(=N\OC(=O)c2sc3ccccc3c2Cl)sc1=S. The molecule has 4 aromatic rings. The molecule has 4 rings (SSSR count). The average Bonchev–Trinajstić information content (AvgIpc) is 3.26. The third-order valence-electron chi connectivity index (χ3n) is 3.74. The molecule has 28 heavy (non-hydrogen) atoms. The average molecular weight is 467 g/mol. The fourth-order valence-electron chi connectivity index (χ4n) is 2.50. The molecule has 2 heterocycles. The van der Waals surface area contributed by atoms with Crippen LogP contribution in [0.25, 0.3) is 15.8 Å². The molecule has 0 aliphatic heterocycles. The van der Waals surface area contributed by atoms with Crippen LogP contribution < -0.4 is 8.72 Å². The number of methoxy groups -OCH3 is 1. The molecular formula is C18H11ClN2O3S4. The third kappa shape index (κ3) is 3.63. The van der Waals surface area contributed by atoms with Crippen molar-refractivity contribution in [3.63, 3.8) is 0 Å². The Hall–Kier alpha value is -2.04. The van der Waals surface area contributed by atoms with Crippen LogP contribution in [0.15, 0.2) is 53.7 Å². The van der Waals surface area contributed by atoms with Crippen molar-refractivity contribution in [3.05, 3.63) is 66.4 Å². The second kappa shape index (κ2) is 8.14. The highest BCUT2D eigenvalue weighted by molar-refractivity contribution is 7.73. The maximum atomic E-state index is 12.4. The Morgan fingerprint density at radius 1 is 1.14 bits per heavy atom. The molecule has 0 saturated carbocycles. The number of carbonyl (C=O) groups is 1. The number of hydrogen-bond acceptors (Lipinski definition) is 8. The molecule has 10 heteroatoms. The van der Waals surface area contributed by atoms with E-state index in [0.717, 1.165) is 15.8 Å². The van der Waals surface area contributed by atoms with Crippen LogP contribution in [-0.2, 0) is 4.84 Å². The number of nitrogens with zero attached hydrogens (tertiary/aromatic N) is 2. The van der Waals surface area contributed by atoms with Gasteiger partial charge >= 0.3 is 5.97 Å². The van der Waals surface area contributed by atoms with Crippen LogP contribution in [0.3, 0.4) is 0 Å². The van der Waals surface area contributed by atoms with Crippen LogP contribution in [0.2, 0.25) is 5.02 Å². The monoisotopic (exact) mass is 466 g/mol. The van der Waals surface area contributed by atoms with Gasteiger partial charge in [-0.05, 0) is 41.9 Å². The summed E-state index contributed by atoms with van der Waals surface area (Å²) in [6.07, 6.45) is 0. The van der Waals surface area contributed by atoms with E-state index in [1.165, 1.54) is 34.2 Å². The van der Waals surface area contributed by atoms with Crippen molar-refractivity contribution in [3.8, 4) is 11.4 Å². The zero-order chi connectivity index (χ0) is 19.7. The minimum atomic E-state index is -0.596. The summed E-state index contributed by atoms with van der Waals surface area (Å²) in [5, 5.41) is 5.16. The summed E-state index contributed by atoms with van der Waals surface area (Å²) in [5.41, 5.74) is 0.802. The van der Waals surface area contributed by atoms with Crippen LogP contribution in [0, 0.1) is 3.95 Å². The number of para-hydroxylation sites is 2. The quantitative estimate of drug-likeness (QED) is 0.214. The van der Waals surface area contributed by atoms with Crippen molar-refractivity contribution in [1.82, 2.24) is 3.96 Å². The highest BCUT2D eigenvalue weighted by Gasteiger charge is 2.18. The van der Waals surface area contributed by atoms with Crippen molar-refractivity contribution in [2.75, 3.05) is 7.11 Å². The van der Waals surface area contributed by atoms with Gasteiger partial charge in [0.25, 0.3) is 0 Å². The van der Waals surface area contributed by atoms with Gasteiger partial charge in [0, 0.05) is 10.1 Å². The Labute approximate surface area is 181 Å². The Kier molecular flexibility index (Phi) is 5.61. The molecule has 0 saturated heterocycles. The zero-order valence-electron chi connectivity index (χ0n) is 14.2. The van der Waals surface area contributed by atoms with E-state index in [1.807, 2.05) is 48.5 Å². The Balaban J connectivity index is 1.64. The second-order valence-electron chi connectivity index (χ2n) is 5.40. The summed E-state index contributed by atoms with van der Waals surface area (Å²) in [5.74, 6) is 0.0924. The van der Waals surface area contributed by atoms with Crippen LogP contribution in [0.1, 0.15) is 9.67 Å².